The summed E-state index contributed by atoms with van der Waals surface area (Å²) in [5, 5.41) is 0. The zero-order valence-electron chi connectivity index (χ0n) is 11.6. The second kappa shape index (κ2) is 6.98. The van der Waals surface area contributed by atoms with Gasteiger partial charge in [0.25, 0.3) is 0 Å². The van der Waals surface area contributed by atoms with Gasteiger partial charge in [0.2, 0.25) is 0 Å². The third kappa shape index (κ3) is 4.48. The third-order valence-corrected chi connectivity index (χ3v) is 3.98. The van der Waals surface area contributed by atoms with Crippen LogP contribution in [0.1, 0.15) is 51.4 Å². The van der Waals surface area contributed by atoms with Crippen molar-refractivity contribution in [1.29, 1.82) is 0 Å². The Bertz CT molecular complexity index is 268. The zero-order chi connectivity index (χ0) is 12.8. The number of guanidine groups is 1. The normalized spacial score (nSPS) is 22.8. The van der Waals surface area contributed by atoms with Gasteiger partial charge in [0.1, 0.15) is 0 Å². The lowest BCUT2D eigenvalue weighted by Gasteiger charge is -2.17. The molecule has 2 N–H and O–H groups in total. The first-order valence-electron chi connectivity index (χ1n) is 7.41. The predicted octanol–water partition coefficient (Wildman–Crippen LogP) is 2.13. The van der Waals surface area contributed by atoms with E-state index in [0.717, 1.165) is 0 Å². The smallest absolute Gasteiger partial charge is 0.191 e. The van der Waals surface area contributed by atoms with E-state index in [9.17, 15) is 0 Å². The average molecular weight is 253 g/mol. The first kappa shape index (κ1) is 13.7. The van der Waals surface area contributed by atoms with Crippen molar-refractivity contribution >= 4 is 5.96 Å². The van der Waals surface area contributed by atoms with E-state index in [2.05, 4.69) is 9.89 Å². The van der Waals surface area contributed by atoms with Crippen LogP contribution in [0.3, 0.4) is 0 Å². The summed E-state index contributed by atoms with van der Waals surface area (Å²) < 4.78 is 5.89. The summed E-state index contributed by atoms with van der Waals surface area (Å²) in [5.41, 5.74) is 5.92. The van der Waals surface area contributed by atoms with Crippen molar-refractivity contribution in [3.63, 3.8) is 0 Å². The van der Waals surface area contributed by atoms with Crippen LogP contribution in [0.15, 0.2) is 4.99 Å². The Morgan fingerprint density at radius 3 is 2.44 bits per heavy atom. The molecule has 0 spiro atoms. The standard InChI is InChI=1S/C14H27N3O/c1-17(12-8-9-12)14(15)16-10-11-18-13-6-4-2-3-5-7-13/h12-13H,2-11H2,1H3,(H2,15,16). The van der Waals surface area contributed by atoms with E-state index < -0.39 is 0 Å². The lowest BCUT2D eigenvalue weighted by atomic mass is 10.1. The summed E-state index contributed by atoms with van der Waals surface area (Å²) in [7, 11) is 2.03. The van der Waals surface area contributed by atoms with Gasteiger partial charge in [0.05, 0.1) is 19.3 Å². The quantitative estimate of drug-likeness (QED) is 0.353. The van der Waals surface area contributed by atoms with Crippen molar-refractivity contribution in [1.82, 2.24) is 4.90 Å². The Morgan fingerprint density at radius 2 is 1.83 bits per heavy atom. The monoisotopic (exact) mass is 253 g/mol. The molecule has 4 nitrogen and oxygen atoms in total. The van der Waals surface area contributed by atoms with Crippen LogP contribution in [0, 0.1) is 0 Å². The first-order valence-corrected chi connectivity index (χ1v) is 7.41. The van der Waals surface area contributed by atoms with Crippen LogP contribution in [0.5, 0.6) is 0 Å². The van der Waals surface area contributed by atoms with Crippen molar-refractivity contribution in [2.45, 2.75) is 63.5 Å². The Labute approximate surface area is 111 Å². The lowest BCUT2D eigenvalue weighted by molar-refractivity contribution is 0.0486. The molecule has 0 atom stereocenters. The molecular formula is C14H27N3O. The largest absolute Gasteiger partial charge is 0.376 e. The Hall–Kier alpha value is -0.770. The van der Waals surface area contributed by atoms with Gasteiger partial charge >= 0.3 is 0 Å². The number of hydrogen-bond donors (Lipinski definition) is 1. The van der Waals surface area contributed by atoms with Crippen molar-refractivity contribution in [3.05, 3.63) is 0 Å². The van der Waals surface area contributed by atoms with Crippen molar-refractivity contribution < 1.29 is 4.74 Å². The van der Waals surface area contributed by atoms with E-state index in [1.807, 2.05) is 7.05 Å². The van der Waals surface area contributed by atoms with Crippen LogP contribution in [0.4, 0.5) is 0 Å². The highest BCUT2D eigenvalue weighted by Crippen LogP contribution is 2.24. The molecule has 0 bridgehead atoms. The lowest BCUT2D eigenvalue weighted by Crippen LogP contribution is -2.36. The molecule has 0 heterocycles. The summed E-state index contributed by atoms with van der Waals surface area (Å²) >= 11 is 0. The molecule has 4 heteroatoms. The second-order valence-electron chi connectivity index (χ2n) is 5.57. The fourth-order valence-corrected chi connectivity index (χ4v) is 2.55. The van der Waals surface area contributed by atoms with Crippen LogP contribution in [-0.4, -0.2) is 43.2 Å². The Kier molecular flexibility index (Phi) is 5.29. The van der Waals surface area contributed by atoms with Gasteiger partial charge in [0.15, 0.2) is 5.96 Å². The topological polar surface area (TPSA) is 50.8 Å². The van der Waals surface area contributed by atoms with Crippen LogP contribution in [0.2, 0.25) is 0 Å². The number of ether oxygens (including phenoxy) is 1. The molecule has 0 radical (unpaired) electrons. The van der Waals surface area contributed by atoms with Gasteiger partial charge < -0.3 is 15.4 Å². The number of aliphatic imine (C=N–C) groups is 1. The van der Waals surface area contributed by atoms with Crippen LogP contribution in [-0.2, 0) is 4.74 Å². The number of nitrogens with two attached hydrogens (primary N) is 1. The van der Waals surface area contributed by atoms with Crippen molar-refractivity contribution in [3.8, 4) is 0 Å². The van der Waals surface area contributed by atoms with E-state index in [1.165, 1.54) is 51.4 Å². The molecule has 2 fully saturated rings. The highest BCUT2D eigenvalue weighted by molar-refractivity contribution is 5.78. The van der Waals surface area contributed by atoms with Gasteiger partial charge in [-0.2, -0.15) is 0 Å². The van der Waals surface area contributed by atoms with E-state index in [1.54, 1.807) is 0 Å². The molecule has 104 valence electrons. The Morgan fingerprint density at radius 1 is 1.17 bits per heavy atom. The average Bonchev–Trinajstić information content (AvgIpc) is 3.19. The molecule has 0 saturated heterocycles. The summed E-state index contributed by atoms with van der Waals surface area (Å²) in [4.78, 5) is 6.48. The molecule has 2 saturated carbocycles. The van der Waals surface area contributed by atoms with Crippen LogP contribution < -0.4 is 5.73 Å². The minimum atomic E-state index is 0.463. The molecule has 0 aliphatic heterocycles. The van der Waals surface area contributed by atoms with Gasteiger partial charge in [-0.25, -0.2) is 0 Å². The van der Waals surface area contributed by atoms with E-state index >= 15 is 0 Å². The molecule has 0 amide bonds. The maximum atomic E-state index is 5.92. The number of nitrogens with zero attached hydrogens (tertiary/aromatic N) is 2. The summed E-state index contributed by atoms with van der Waals surface area (Å²) in [5.74, 6) is 0.668. The van der Waals surface area contributed by atoms with Crippen LogP contribution >= 0.6 is 0 Å². The van der Waals surface area contributed by atoms with Gasteiger partial charge in [0, 0.05) is 13.1 Å². The first-order chi connectivity index (χ1) is 8.77. The maximum Gasteiger partial charge on any atom is 0.191 e. The summed E-state index contributed by atoms with van der Waals surface area (Å²) in [6, 6.07) is 0.636. The fraction of sp³-hybridized carbons (Fsp3) is 0.929. The fourth-order valence-electron chi connectivity index (χ4n) is 2.55. The molecular weight excluding hydrogens is 226 g/mol. The minimum Gasteiger partial charge on any atom is -0.376 e. The van der Waals surface area contributed by atoms with Crippen molar-refractivity contribution in [2.75, 3.05) is 20.2 Å². The van der Waals surface area contributed by atoms with Gasteiger partial charge in [-0.15, -0.1) is 0 Å². The Balaban J connectivity index is 1.60. The molecule has 0 aromatic carbocycles. The van der Waals surface area contributed by atoms with E-state index in [0.29, 0.717) is 31.3 Å². The highest BCUT2D eigenvalue weighted by Gasteiger charge is 2.27. The zero-order valence-corrected chi connectivity index (χ0v) is 11.6. The maximum absolute atomic E-state index is 5.92. The molecule has 2 aliphatic carbocycles. The number of hydrogen-bond acceptors (Lipinski definition) is 2. The minimum absolute atomic E-state index is 0.463. The molecule has 2 aliphatic rings. The number of rotatable bonds is 5. The van der Waals surface area contributed by atoms with Crippen LogP contribution in [0.25, 0.3) is 0 Å². The highest BCUT2D eigenvalue weighted by atomic mass is 16.5. The summed E-state index contributed by atoms with van der Waals surface area (Å²) in [6.07, 6.45) is 10.8. The molecule has 18 heavy (non-hydrogen) atoms. The predicted molar refractivity (Wildman–Crippen MR) is 74.7 cm³/mol. The van der Waals surface area contributed by atoms with Gasteiger partial charge in [-0.3, -0.25) is 4.99 Å². The molecule has 0 unspecified atom stereocenters. The SMILES string of the molecule is CN(C(N)=NCCOC1CCCCCC1)C1CC1. The third-order valence-electron chi connectivity index (χ3n) is 3.98. The molecule has 2 rings (SSSR count). The molecule has 0 aromatic rings. The van der Waals surface area contributed by atoms with Crippen molar-refractivity contribution in [2.24, 2.45) is 10.7 Å². The molecule has 0 aromatic heterocycles. The summed E-state index contributed by atoms with van der Waals surface area (Å²) in [6.45, 7) is 1.41. The van der Waals surface area contributed by atoms with E-state index in [4.69, 9.17) is 10.5 Å². The van der Waals surface area contributed by atoms with Gasteiger partial charge in [-0.05, 0) is 25.7 Å². The van der Waals surface area contributed by atoms with E-state index in [-0.39, 0.29) is 0 Å². The van der Waals surface area contributed by atoms with Gasteiger partial charge in [-0.1, -0.05) is 25.7 Å². The second-order valence-corrected chi connectivity index (χ2v) is 5.57.